The molecule has 18 heavy (non-hydrogen) atoms. The van der Waals surface area contributed by atoms with Crippen LogP contribution in [-0.4, -0.2) is 17.0 Å². The Morgan fingerprint density at radius 2 is 1.94 bits per heavy atom. The van der Waals surface area contributed by atoms with Crippen molar-refractivity contribution in [1.29, 1.82) is 0 Å². The molecule has 2 N–H and O–H groups in total. The van der Waals surface area contributed by atoms with Gasteiger partial charge in [0.2, 0.25) is 0 Å². The molecule has 0 fully saturated rings. The molecule has 94 valence electrons. The highest BCUT2D eigenvalue weighted by atomic mass is 127. The van der Waals surface area contributed by atoms with E-state index in [1.54, 1.807) is 6.33 Å². The molecule has 0 saturated carbocycles. The molecule has 4 nitrogen and oxygen atoms in total. The van der Waals surface area contributed by atoms with Crippen molar-refractivity contribution in [3.63, 3.8) is 0 Å². The summed E-state index contributed by atoms with van der Waals surface area (Å²) in [5.74, 6) is 1.65. The molecule has 1 aromatic heterocycles. The van der Waals surface area contributed by atoms with Gasteiger partial charge in [0.25, 0.3) is 0 Å². The fourth-order valence-corrected chi connectivity index (χ4v) is 2.30. The van der Waals surface area contributed by atoms with Crippen molar-refractivity contribution >= 4 is 55.8 Å². The molecule has 0 amide bonds. The molecule has 0 atom stereocenters. The second-order valence-corrected chi connectivity index (χ2v) is 5.72. The molecule has 6 heteroatoms. The summed E-state index contributed by atoms with van der Waals surface area (Å²) in [7, 11) is 1.85. The van der Waals surface area contributed by atoms with Crippen LogP contribution in [0.2, 0.25) is 0 Å². The van der Waals surface area contributed by atoms with Gasteiger partial charge < -0.3 is 10.6 Å². The summed E-state index contributed by atoms with van der Waals surface area (Å²) < 4.78 is 2.24. The summed E-state index contributed by atoms with van der Waals surface area (Å²) in [5.41, 5.74) is 2.00. The predicted octanol–water partition coefficient (Wildman–Crippen LogP) is 3.94. The zero-order valence-electron chi connectivity index (χ0n) is 9.96. The number of anilines is 3. The minimum atomic E-state index is 0.812. The van der Waals surface area contributed by atoms with Gasteiger partial charge in [-0.2, -0.15) is 0 Å². The van der Waals surface area contributed by atoms with Gasteiger partial charge in [0.15, 0.2) is 0 Å². The van der Waals surface area contributed by atoms with E-state index in [2.05, 4.69) is 65.2 Å². The van der Waals surface area contributed by atoms with Crippen LogP contribution in [0.1, 0.15) is 5.56 Å². The van der Waals surface area contributed by atoms with Crippen LogP contribution >= 0.6 is 38.5 Å². The van der Waals surface area contributed by atoms with Crippen LogP contribution in [0.15, 0.2) is 29.0 Å². The Morgan fingerprint density at radius 1 is 1.22 bits per heavy atom. The average Bonchev–Trinajstić information content (AvgIpc) is 2.36. The third kappa shape index (κ3) is 2.92. The molecule has 1 heterocycles. The summed E-state index contributed by atoms with van der Waals surface area (Å²) in [6.07, 6.45) is 1.55. The van der Waals surface area contributed by atoms with E-state index in [4.69, 9.17) is 0 Å². The SMILES string of the molecule is CNc1ncnc(Nc2ccc(Br)c(I)c2)c1C. The smallest absolute Gasteiger partial charge is 0.138 e. The molecule has 1 aromatic carbocycles. The first-order valence-corrected chi connectivity index (χ1v) is 7.20. The van der Waals surface area contributed by atoms with Gasteiger partial charge in [-0.3, -0.25) is 0 Å². The number of nitrogens with zero attached hydrogens (tertiary/aromatic N) is 2. The molecule has 0 spiro atoms. The summed E-state index contributed by atoms with van der Waals surface area (Å²) in [6, 6.07) is 6.08. The van der Waals surface area contributed by atoms with Crippen molar-refractivity contribution in [2.75, 3.05) is 17.7 Å². The highest BCUT2D eigenvalue weighted by Crippen LogP contribution is 2.26. The van der Waals surface area contributed by atoms with E-state index in [9.17, 15) is 0 Å². The van der Waals surface area contributed by atoms with Crippen LogP contribution in [-0.2, 0) is 0 Å². The summed E-state index contributed by atoms with van der Waals surface area (Å²) >= 11 is 5.76. The maximum absolute atomic E-state index is 4.26. The van der Waals surface area contributed by atoms with Crippen LogP contribution in [0.4, 0.5) is 17.3 Å². The highest BCUT2D eigenvalue weighted by Gasteiger charge is 2.06. The van der Waals surface area contributed by atoms with Gasteiger partial charge in [0.1, 0.15) is 18.0 Å². The molecule has 0 aliphatic carbocycles. The molecule has 0 aliphatic rings. The minimum Gasteiger partial charge on any atom is -0.373 e. The molecule has 0 saturated heterocycles. The molecule has 0 aliphatic heterocycles. The Bertz CT molecular complexity index is 574. The zero-order chi connectivity index (χ0) is 13.1. The third-order valence-electron chi connectivity index (χ3n) is 2.50. The molecular formula is C12H12BrIN4. The lowest BCUT2D eigenvalue weighted by atomic mass is 10.2. The van der Waals surface area contributed by atoms with Gasteiger partial charge in [0, 0.05) is 26.3 Å². The van der Waals surface area contributed by atoms with Crippen molar-refractivity contribution in [1.82, 2.24) is 9.97 Å². The second-order valence-electron chi connectivity index (χ2n) is 3.70. The first-order chi connectivity index (χ1) is 8.61. The van der Waals surface area contributed by atoms with E-state index in [1.807, 2.05) is 26.1 Å². The number of halogens is 2. The summed E-state index contributed by atoms with van der Waals surface area (Å²) in [5, 5.41) is 6.34. The number of hydrogen-bond acceptors (Lipinski definition) is 4. The van der Waals surface area contributed by atoms with Gasteiger partial charge in [-0.1, -0.05) is 0 Å². The van der Waals surface area contributed by atoms with E-state index in [0.29, 0.717) is 0 Å². The summed E-state index contributed by atoms with van der Waals surface area (Å²) in [6.45, 7) is 1.98. The highest BCUT2D eigenvalue weighted by molar-refractivity contribution is 14.1. The fourth-order valence-electron chi connectivity index (χ4n) is 1.54. The lowest BCUT2D eigenvalue weighted by molar-refractivity contribution is 1.12. The maximum atomic E-state index is 4.26. The topological polar surface area (TPSA) is 49.8 Å². The zero-order valence-corrected chi connectivity index (χ0v) is 13.7. The lowest BCUT2D eigenvalue weighted by Gasteiger charge is -2.11. The van der Waals surface area contributed by atoms with Crippen LogP contribution < -0.4 is 10.6 Å². The fraction of sp³-hybridized carbons (Fsp3) is 0.167. The molecule has 0 bridgehead atoms. The van der Waals surface area contributed by atoms with Gasteiger partial charge >= 0.3 is 0 Å². The predicted molar refractivity (Wildman–Crippen MR) is 86.5 cm³/mol. The molecule has 2 rings (SSSR count). The number of rotatable bonds is 3. The maximum Gasteiger partial charge on any atom is 0.138 e. The number of hydrogen-bond donors (Lipinski definition) is 2. The van der Waals surface area contributed by atoms with Gasteiger partial charge in [-0.05, 0) is 63.6 Å². The molecule has 2 aromatic rings. The van der Waals surface area contributed by atoms with Crippen molar-refractivity contribution in [2.45, 2.75) is 6.92 Å². The van der Waals surface area contributed by atoms with Crippen molar-refractivity contribution in [3.8, 4) is 0 Å². The summed E-state index contributed by atoms with van der Waals surface area (Å²) in [4.78, 5) is 8.42. The molecule has 0 radical (unpaired) electrons. The Balaban J connectivity index is 2.31. The van der Waals surface area contributed by atoms with E-state index in [-0.39, 0.29) is 0 Å². The van der Waals surface area contributed by atoms with Crippen LogP contribution in [0.5, 0.6) is 0 Å². The third-order valence-corrected chi connectivity index (χ3v) is 4.83. The van der Waals surface area contributed by atoms with E-state index in [1.165, 1.54) is 0 Å². The number of aromatic nitrogens is 2. The van der Waals surface area contributed by atoms with Gasteiger partial charge in [-0.25, -0.2) is 9.97 Å². The quantitative estimate of drug-likeness (QED) is 0.741. The average molecular weight is 419 g/mol. The number of nitrogens with one attached hydrogen (secondary N) is 2. The Kier molecular flexibility index (Phi) is 4.39. The minimum absolute atomic E-state index is 0.812. The van der Waals surface area contributed by atoms with Crippen LogP contribution in [0.3, 0.4) is 0 Å². The monoisotopic (exact) mass is 418 g/mol. The Morgan fingerprint density at radius 3 is 2.61 bits per heavy atom. The molecular weight excluding hydrogens is 407 g/mol. The molecule has 0 unspecified atom stereocenters. The lowest BCUT2D eigenvalue weighted by Crippen LogP contribution is -2.02. The first kappa shape index (κ1) is 13.5. The van der Waals surface area contributed by atoms with E-state index >= 15 is 0 Å². The Hall–Kier alpha value is -0.890. The van der Waals surface area contributed by atoms with Crippen molar-refractivity contribution < 1.29 is 0 Å². The number of benzene rings is 1. The largest absolute Gasteiger partial charge is 0.373 e. The van der Waals surface area contributed by atoms with Crippen LogP contribution in [0.25, 0.3) is 0 Å². The van der Waals surface area contributed by atoms with E-state index < -0.39 is 0 Å². The van der Waals surface area contributed by atoms with Gasteiger partial charge in [0.05, 0.1) is 0 Å². The van der Waals surface area contributed by atoms with Crippen molar-refractivity contribution in [2.24, 2.45) is 0 Å². The van der Waals surface area contributed by atoms with Crippen molar-refractivity contribution in [3.05, 3.63) is 38.1 Å². The normalized spacial score (nSPS) is 10.2. The van der Waals surface area contributed by atoms with E-state index in [0.717, 1.165) is 30.9 Å². The standard InChI is InChI=1S/C12H12BrIN4/c1-7-11(15-2)16-6-17-12(7)18-8-3-4-9(13)10(14)5-8/h3-6H,1-2H3,(H2,15,16,17,18). The van der Waals surface area contributed by atoms with Crippen LogP contribution in [0, 0.1) is 10.5 Å². The first-order valence-electron chi connectivity index (χ1n) is 5.33. The van der Waals surface area contributed by atoms with Gasteiger partial charge in [-0.15, -0.1) is 0 Å². The Labute approximate surface area is 128 Å². The second kappa shape index (κ2) is 5.83.